The Morgan fingerprint density at radius 3 is 2.44 bits per heavy atom. The number of urea groups is 1. The van der Waals surface area contributed by atoms with Gasteiger partial charge in [-0.15, -0.1) is 0 Å². The lowest BCUT2D eigenvalue weighted by atomic mass is 9.91. The highest BCUT2D eigenvalue weighted by Crippen LogP contribution is 2.28. The van der Waals surface area contributed by atoms with Gasteiger partial charge in [0.25, 0.3) is 5.91 Å². The summed E-state index contributed by atoms with van der Waals surface area (Å²) in [4.78, 5) is 26.3. The number of benzene rings is 2. The quantitative estimate of drug-likeness (QED) is 0.852. The molecule has 2 aromatic rings. The summed E-state index contributed by atoms with van der Waals surface area (Å²) < 4.78 is 5.66. The Morgan fingerprint density at radius 2 is 1.76 bits per heavy atom. The molecule has 1 aliphatic rings. The molecule has 130 valence electrons. The summed E-state index contributed by atoms with van der Waals surface area (Å²) in [6, 6.07) is 14.9. The second kappa shape index (κ2) is 6.59. The molecule has 0 saturated carbocycles. The summed E-state index contributed by atoms with van der Waals surface area (Å²) in [5.41, 5.74) is 1.94. The minimum atomic E-state index is -1.03. The van der Waals surface area contributed by atoms with E-state index in [2.05, 4.69) is 5.32 Å². The molecule has 0 bridgehead atoms. The van der Waals surface area contributed by atoms with E-state index in [4.69, 9.17) is 4.74 Å². The van der Waals surface area contributed by atoms with E-state index in [9.17, 15) is 9.59 Å². The number of ether oxygens (including phenoxy) is 1. The molecule has 1 aliphatic heterocycles. The van der Waals surface area contributed by atoms with Crippen LogP contribution in [0.5, 0.6) is 5.75 Å². The molecule has 1 N–H and O–H groups in total. The van der Waals surface area contributed by atoms with Crippen molar-refractivity contribution < 1.29 is 14.3 Å². The molecule has 1 fully saturated rings. The highest BCUT2D eigenvalue weighted by molar-refractivity contribution is 6.07. The maximum absolute atomic E-state index is 12.8. The van der Waals surface area contributed by atoms with Gasteiger partial charge < -0.3 is 10.1 Å². The number of nitrogens with one attached hydrogen (secondary N) is 1. The van der Waals surface area contributed by atoms with Crippen molar-refractivity contribution in [3.8, 4) is 5.75 Å². The van der Waals surface area contributed by atoms with Gasteiger partial charge in [0.2, 0.25) is 0 Å². The highest BCUT2D eigenvalue weighted by atomic mass is 16.5. The molecule has 25 heavy (non-hydrogen) atoms. The van der Waals surface area contributed by atoms with Gasteiger partial charge in [-0.1, -0.05) is 42.0 Å². The Labute approximate surface area is 147 Å². The molecule has 3 amide bonds. The molecule has 1 saturated heterocycles. The van der Waals surface area contributed by atoms with Crippen LogP contribution in [0.1, 0.15) is 23.6 Å². The Hall–Kier alpha value is -2.82. The monoisotopic (exact) mass is 338 g/mol. The van der Waals surface area contributed by atoms with Crippen molar-refractivity contribution >= 4 is 11.9 Å². The second-order valence-electron chi connectivity index (χ2n) is 6.54. The molecule has 0 aliphatic carbocycles. The molecule has 0 unspecified atom stereocenters. The summed E-state index contributed by atoms with van der Waals surface area (Å²) >= 11 is 0. The van der Waals surface area contributed by atoms with E-state index in [-0.39, 0.29) is 25.1 Å². The topological polar surface area (TPSA) is 58.6 Å². The van der Waals surface area contributed by atoms with Crippen LogP contribution in [0.15, 0.2) is 48.5 Å². The molecule has 1 atom stereocenters. The van der Waals surface area contributed by atoms with Crippen molar-refractivity contribution in [1.29, 1.82) is 0 Å². The van der Waals surface area contributed by atoms with Crippen molar-refractivity contribution in [3.05, 3.63) is 65.2 Å². The Balaban J connectivity index is 1.68. The van der Waals surface area contributed by atoms with Gasteiger partial charge in [-0.25, -0.2) is 4.79 Å². The number of rotatable bonds is 5. The van der Waals surface area contributed by atoms with Gasteiger partial charge in [0, 0.05) is 0 Å². The predicted octanol–water partition coefficient (Wildman–Crippen LogP) is 3.15. The van der Waals surface area contributed by atoms with E-state index in [1.807, 2.05) is 62.4 Å². The van der Waals surface area contributed by atoms with E-state index >= 15 is 0 Å². The number of aryl methyl sites for hydroxylation is 2. The Kier molecular flexibility index (Phi) is 4.49. The number of carbonyl (C=O) groups excluding carboxylic acids is 2. The van der Waals surface area contributed by atoms with Crippen LogP contribution in [0.4, 0.5) is 4.79 Å². The van der Waals surface area contributed by atoms with Gasteiger partial charge in [0.15, 0.2) is 0 Å². The molecule has 0 radical (unpaired) electrons. The summed E-state index contributed by atoms with van der Waals surface area (Å²) in [6.45, 7) is 6.17. The van der Waals surface area contributed by atoms with Crippen LogP contribution in [0.3, 0.4) is 0 Å². The van der Waals surface area contributed by atoms with Crippen molar-refractivity contribution in [3.63, 3.8) is 0 Å². The first kappa shape index (κ1) is 17.0. The third-order valence-electron chi connectivity index (χ3n) is 4.48. The maximum Gasteiger partial charge on any atom is 0.325 e. The summed E-state index contributed by atoms with van der Waals surface area (Å²) in [5.74, 6) is 0.475. The molecule has 0 aromatic heterocycles. The van der Waals surface area contributed by atoms with E-state index in [1.54, 1.807) is 6.92 Å². The second-order valence-corrected chi connectivity index (χ2v) is 6.54. The van der Waals surface area contributed by atoms with E-state index in [0.29, 0.717) is 0 Å². The van der Waals surface area contributed by atoms with Gasteiger partial charge >= 0.3 is 6.03 Å². The number of hydrogen-bond donors (Lipinski definition) is 1. The third kappa shape index (κ3) is 3.36. The molecule has 3 rings (SSSR count). The highest BCUT2D eigenvalue weighted by Gasteiger charge is 2.48. The van der Waals surface area contributed by atoms with Gasteiger partial charge in [-0.3, -0.25) is 9.69 Å². The molecule has 0 spiro atoms. The summed E-state index contributed by atoms with van der Waals surface area (Å²) in [5, 5.41) is 2.81. The molecule has 5 heteroatoms. The van der Waals surface area contributed by atoms with Crippen LogP contribution in [0.25, 0.3) is 0 Å². The van der Waals surface area contributed by atoms with Crippen LogP contribution in [0, 0.1) is 13.8 Å². The SMILES string of the molecule is Cc1ccc([C@]2(C)NC(=O)N(CCOc3cccc(C)c3)C2=O)cc1. The van der Waals surface area contributed by atoms with Crippen molar-refractivity contribution in [2.75, 3.05) is 13.2 Å². The molecule has 1 heterocycles. The van der Waals surface area contributed by atoms with Crippen molar-refractivity contribution in [2.45, 2.75) is 26.3 Å². The first-order valence-electron chi connectivity index (χ1n) is 8.31. The van der Waals surface area contributed by atoms with Gasteiger partial charge in [-0.05, 0) is 44.0 Å². The lowest BCUT2D eigenvalue weighted by Crippen LogP contribution is -2.41. The lowest BCUT2D eigenvalue weighted by Gasteiger charge is -2.22. The molecule has 2 aromatic carbocycles. The number of hydrogen-bond acceptors (Lipinski definition) is 3. The van der Waals surface area contributed by atoms with Gasteiger partial charge in [0.1, 0.15) is 17.9 Å². The molecular formula is C20H22N2O3. The fourth-order valence-electron chi connectivity index (χ4n) is 2.94. The average Bonchev–Trinajstić information content (AvgIpc) is 2.79. The first-order chi connectivity index (χ1) is 11.9. The van der Waals surface area contributed by atoms with Crippen LogP contribution < -0.4 is 10.1 Å². The van der Waals surface area contributed by atoms with Crippen molar-refractivity contribution in [1.82, 2.24) is 10.2 Å². The number of imide groups is 1. The van der Waals surface area contributed by atoms with E-state index in [1.165, 1.54) is 4.90 Å². The van der Waals surface area contributed by atoms with Crippen LogP contribution in [-0.2, 0) is 10.3 Å². The normalized spacial score (nSPS) is 19.9. The number of nitrogens with zero attached hydrogens (tertiary/aromatic N) is 1. The fourth-order valence-corrected chi connectivity index (χ4v) is 2.94. The smallest absolute Gasteiger partial charge is 0.325 e. The standard InChI is InChI=1S/C20H22N2O3/c1-14-7-9-16(10-8-14)20(3)18(23)22(19(24)21-20)11-12-25-17-6-4-5-15(2)13-17/h4-10,13H,11-12H2,1-3H3,(H,21,24)/t20-/m0/s1. The Bertz CT molecular complexity index is 801. The van der Waals surface area contributed by atoms with Gasteiger partial charge in [0.05, 0.1) is 6.54 Å². The average molecular weight is 338 g/mol. The zero-order valence-electron chi connectivity index (χ0n) is 14.7. The minimum Gasteiger partial charge on any atom is -0.492 e. The molecular weight excluding hydrogens is 316 g/mol. The van der Waals surface area contributed by atoms with Crippen LogP contribution in [0.2, 0.25) is 0 Å². The third-order valence-corrected chi connectivity index (χ3v) is 4.48. The van der Waals surface area contributed by atoms with E-state index < -0.39 is 5.54 Å². The summed E-state index contributed by atoms with van der Waals surface area (Å²) in [6.07, 6.45) is 0. The fraction of sp³-hybridized carbons (Fsp3) is 0.300. The summed E-state index contributed by atoms with van der Waals surface area (Å²) in [7, 11) is 0. The lowest BCUT2D eigenvalue weighted by molar-refractivity contribution is -0.131. The number of carbonyl (C=O) groups is 2. The number of amides is 3. The largest absolute Gasteiger partial charge is 0.492 e. The zero-order chi connectivity index (χ0) is 18.0. The first-order valence-corrected chi connectivity index (χ1v) is 8.31. The predicted molar refractivity (Wildman–Crippen MR) is 95.4 cm³/mol. The van der Waals surface area contributed by atoms with Crippen molar-refractivity contribution in [2.24, 2.45) is 0 Å². The van der Waals surface area contributed by atoms with Gasteiger partial charge in [-0.2, -0.15) is 0 Å². The minimum absolute atomic E-state index is 0.208. The van der Waals surface area contributed by atoms with Crippen LogP contribution in [-0.4, -0.2) is 30.0 Å². The van der Waals surface area contributed by atoms with Crippen LogP contribution >= 0.6 is 0 Å². The Morgan fingerprint density at radius 1 is 1.04 bits per heavy atom. The maximum atomic E-state index is 12.8. The van der Waals surface area contributed by atoms with E-state index in [0.717, 1.165) is 22.4 Å². The molecule has 5 nitrogen and oxygen atoms in total. The zero-order valence-corrected chi connectivity index (χ0v) is 14.7.